The fourth-order valence-corrected chi connectivity index (χ4v) is 4.57. The zero-order chi connectivity index (χ0) is 20.6. The van der Waals surface area contributed by atoms with Gasteiger partial charge < -0.3 is 15.5 Å². The molecule has 152 valence electrons. The molecular weight excluding hydrogens is 460 g/mol. The lowest BCUT2D eigenvalue weighted by atomic mass is 9.83. The van der Waals surface area contributed by atoms with Crippen LogP contribution in [0.2, 0.25) is 0 Å². The molecular formula is C17H19BrN8O2S. The Bertz CT molecular complexity index is 1070. The Labute approximate surface area is 179 Å². The molecule has 1 saturated carbocycles. The molecule has 0 radical (unpaired) electrons. The molecule has 3 heterocycles. The molecule has 0 unspecified atom stereocenters. The second-order valence-corrected chi connectivity index (χ2v) is 9.13. The van der Waals surface area contributed by atoms with Crippen molar-refractivity contribution in [1.29, 1.82) is 0 Å². The number of aromatic amines is 1. The maximum absolute atomic E-state index is 13.1. The number of aromatic nitrogens is 6. The third-order valence-corrected chi connectivity index (χ3v) is 6.44. The van der Waals surface area contributed by atoms with Crippen LogP contribution in [-0.4, -0.2) is 46.7 Å². The number of anilines is 2. The number of carbonyl (C=O) groups excluding carboxylic acids is 1. The smallest absolute Gasteiger partial charge is 0.243 e. The molecule has 0 saturated heterocycles. The van der Waals surface area contributed by atoms with Crippen LogP contribution in [-0.2, 0) is 4.79 Å². The summed E-state index contributed by atoms with van der Waals surface area (Å²) < 4.78 is 5.58. The molecule has 0 atom stereocenters. The molecule has 0 aromatic carbocycles. The number of H-pyrrole nitrogens is 1. The number of ether oxygens (including phenoxy) is 1. The van der Waals surface area contributed by atoms with Gasteiger partial charge in [-0.3, -0.25) is 10.1 Å². The maximum atomic E-state index is 13.1. The molecule has 3 aromatic heterocycles. The highest BCUT2D eigenvalue weighted by Crippen LogP contribution is 2.49. The average Bonchev–Trinajstić information content (AvgIpc) is 3.08. The van der Waals surface area contributed by atoms with Crippen molar-refractivity contribution in [1.82, 2.24) is 29.9 Å². The SMILES string of the molecule is CC(C)Oc1nc(NC(=O)C2(Sc3nc(N)nc4nc[nH]c34)CCC2)ncc1Br. The molecule has 1 fully saturated rings. The summed E-state index contributed by atoms with van der Waals surface area (Å²) in [6.07, 6.45) is 5.38. The summed E-state index contributed by atoms with van der Waals surface area (Å²) in [6.45, 7) is 3.80. The van der Waals surface area contributed by atoms with Crippen molar-refractivity contribution in [2.75, 3.05) is 11.1 Å². The Hall–Kier alpha value is -2.47. The van der Waals surface area contributed by atoms with Gasteiger partial charge in [0, 0.05) is 0 Å². The first-order chi connectivity index (χ1) is 13.9. The average molecular weight is 479 g/mol. The molecule has 3 aromatic rings. The molecule has 0 aliphatic heterocycles. The number of halogens is 1. The van der Waals surface area contributed by atoms with E-state index in [0.717, 1.165) is 6.42 Å². The first-order valence-corrected chi connectivity index (χ1v) is 10.6. The Morgan fingerprint density at radius 1 is 1.34 bits per heavy atom. The van der Waals surface area contributed by atoms with Gasteiger partial charge in [0.2, 0.25) is 23.7 Å². The van der Waals surface area contributed by atoms with Crippen molar-refractivity contribution >= 4 is 56.7 Å². The van der Waals surface area contributed by atoms with E-state index >= 15 is 0 Å². The van der Waals surface area contributed by atoms with Gasteiger partial charge in [-0.1, -0.05) is 11.8 Å². The van der Waals surface area contributed by atoms with Crippen molar-refractivity contribution in [3.63, 3.8) is 0 Å². The highest BCUT2D eigenvalue weighted by atomic mass is 79.9. The Morgan fingerprint density at radius 3 is 2.83 bits per heavy atom. The number of carbonyl (C=O) groups is 1. The maximum Gasteiger partial charge on any atom is 0.243 e. The number of fused-ring (bicyclic) bond motifs is 1. The van der Waals surface area contributed by atoms with Crippen LogP contribution in [0.1, 0.15) is 33.1 Å². The minimum Gasteiger partial charge on any atom is -0.474 e. The van der Waals surface area contributed by atoms with Crippen LogP contribution >= 0.6 is 27.7 Å². The van der Waals surface area contributed by atoms with E-state index in [4.69, 9.17) is 10.5 Å². The summed E-state index contributed by atoms with van der Waals surface area (Å²) >= 11 is 4.72. The summed E-state index contributed by atoms with van der Waals surface area (Å²) in [5.74, 6) is 0.503. The monoisotopic (exact) mass is 478 g/mol. The first-order valence-electron chi connectivity index (χ1n) is 9.02. The number of nitrogens with two attached hydrogens (primary N) is 1. The molecule has 10 nitrogen and oxygen atoms in total. The number of amides is 1. The van der Waals surface area contributed by atoms with Gasteiger partial charge in [0.05, 0.1) is 23.1 Å². The lowest BCUT2D eigenvalue weighted by molar-refractivity contribution is -0.120. The topological polar surface area (TPSA) is 145 Å². The zero-order valence-electron chi connectivity index (χ0n) is 15.8. The van der Waals surface area contributed by atoms with Crippen molar-refractivity contribution < 1.29 is 9.53 Å². The van der Waals surface area contributed by atoms with Crippen LogP contribution in [0.15, 0.2) is 22.0 Å². The van der Waals surface area contributed by atoms with Crippen LogP contribution in [0, 0.1) is 0 Å². The molecule has 0 bridgehead atoms. The largest absolute Gasteiger partial charge is 0.474 e. The van der Waals surface area contributed by atoms with Gasteiger partial charge in [0.1, 0.15) is 15.3 Å². The van der Waals surface area contributed by atoms with E-state index < -0.39 is 4.75 Å². The third kappa shape index (κ3) is 3.99. The van der Waals surface area contributed by atoms with Crippen LogP contribution < -0.4 is 15.8 Å². The quantitative estimate of drug-likeness (QED) is 0.455. The van der Waals surface area contributed by atoms with E-state index in [1.54, 1.807) is 6.20 Å². The van der Waals surface area contributed by atoms with E-state index in [1.807, 2.05) is 13.8 Å². The van der Waals surface area contributed by atoms with E-state index in [1.165, 1.54) is 18.1 Å². The summed E-state index contributed by atoms with van der Waals surface area (Å²) in [7, 11) is 0. The second kappa shape index (κ2) is 7.75. The van der Waals surface area contributed by atoms with Crippen molar-refractivity contribution in [3.05, 3.63) is 17.0 Å². The molecule has 12 heteroatoms. The fourth-order valence-electron chi connectivity index (χ4n) is 2.89. The lowest BCUT2D eigenvalue weighted by Crippen LogP contribution is -2.46. The van der Waals surface area contributed by atoms with Gasteiger partial charge in [-0.05, 0) is 49.0 Å². The van der Waals surface area contributed by atoms with Gasteiger partial charge in [0.15, 0.2) is 5.65 Å². The second-order valence-electron chi connectivity index (χ2n) is 6.91. The van der Waals surface area contributed by atoms with Gasteiger partial charge in [0.25, 0.3) is 0 Å². The van der Waals surface area contributed by atoms with Crippen molar-refractivity contribution in [2.24, 2.45) is 0 Å². The number of hydrogen-bond acceptors (Lipinski definition) is 9. The number of nitrogen functional groups attached to an aromatic ring is 1. The number of imidazole rings is 1. The van der Waals surface area contributed by atoms with E-state index in [2.05, 4.69) is 51.2 Å². The predicted molar refractivity (Wildman–Crippen MR) is 113 cm³/mol. The fraction of sp³-hybridized carbons (Fsp3) is 0.412. The van der Waals surface area contributed by atoms with Gasteiger partial charge in [-0.25, -0.2) is 15.0 Å². The Balaban J connectivity index is 1.57. The third-order valence-electron chi connectivity index (χ3n) is 4.42. The molecule has 4 rings (SSSR count). The van der Waals surface area contributed by atoms with Gasteiger partial charge in [-0.15, -0.1) is 0 Å². The van der Waals surface area contributed by atoms with Crippen molar-refractivity contribution in [3.8, 4) is 5.88 Å². The minimum absolute atomic E-state index is 0.0571. The van der Waals surface area contributed by atoms with Crippen LogP contribution in [0.3, 0.4) is 0 Å². The van der Waals surface area contributed by atoms with Crippen LogP contribution in [0.25, 0.3) is 11.2 Å². The normalized spacial score (nSPS) is 15.3. The lowest BCUT2D eigenvalue weighted by Gasteiger charge is -2.38. The molecule has 29 heavy (non-hydrogen) atoms. The summed E-state index contributed by atoms with van der Waals surface area (Å²) in [4.78, 5) is 37.2. The molecule has 1 aliphatic carbocycles. The van der Waals surface area contributed by atoms with E-state index in [-0.39, 0.29) is 23.9 Å². The number of rotatable bonds is 6. The summed E-state index contributed by atoms with van der Waals surface area (Å²) in [5, 5.41) is 3.42. The predicted octanol–water partition coefficient (Wildman–Crippen LogP) is 2.93. The highest BCUT2D eigenvalue weighted by Gasteiger charge is 2.46. The van der Waals surface area contributed by atoms with Crippen LogP contribution in [0.5, 0.6) is 5.88 Å². The Kier molecular flexibility index (Phi) is 5.30. The highest BCUT2D eigenvalue weighted by molar-refractivity contribution is 9.10. The molecule has 0 spiro atoms. The summed E-state index contributed by atoms with van der Waals surface area (Å²) in [6, 6.07) is 0. The molecule has 1 amide bonds. The minimum atomic E-state index is -0.686. The van der Waals surface area contributed by atoms with Gasteiger partial charge >= 0.3 is 0 Å². The number of thioether (sulfide) groups is 1. The first kappa shape index (κ1) is 19.8. The van der Waals surface area contributed by atoms with Gasteiger partial charge in [-0.2, -0.15) is 9.97 Å². The van der Waals surface area contributed by atoms with Crippen LogP contribution in [0.4, 0.5) is 11.9 Å². The summed E-state index contributed by atoms with van der Waals surface area (Å²) in [5.41, 5.74) is 6.94. The standard InChI is InChI=1S/C17H19BrN8O2S/c1-8(2)28-12-9(18)6-20-16(24-12)26-14(27)17(4-3-5-17)29-13-10-11(22-7-21-10)23-15(19)25-13/h6-8H,3-5H2,1-2H3,(H,20,24,26,27)(H3,19,21,22,23,25). The van der Waals surface area contributed by atoms with E-state index in [9.17, 15) is 4.79 Å². The van der Waals surface area contributed by atoms with Crippen molar-refractivity contribution in [2.45, 2.75) is 49.0 Å². The number of hydrogen-bond donors (Lipinski definition) is 3. The number of nitrogens with zero attached hydrogens (tertiary/aromatic N) is 5. The number of nitrogens with one attached hydrogen (secondary N) is 2. The molecule has 1 aliphatic rings. The molecule has 4 N–H and O–H groups in total. The van der Waals surface area contributed by atoms with E-state index in [0.29, 0.717) is 39.4 Å². The Morgan fingerprint density at radius 2 is 2.14 bits per heavy atom. The zero-order valence-corrected chi connectivity index (χ0v) is 18.2.